The number of carbonyl (C=O) groups is 2. The Labute approximate surface area is 155 Å². The van der Waals surface area contributed by atoms with Crippen LogP contribution in [0, 0.1) is 17.9 Å². The fraction of sp³-hybridized carbons (Fsp3) is 0.471. The summed E-state index contributed by atoms with van der Waals surface area (Å²) in [5.41, 5.74) is 1.17. The zero-order valence-electron chi connectivity index (χ0n) is 14.2. The molecule has 0 saturated carbocycles. The molecule has 1 aromatic heterocycles. The minimum absolute atomic E-state index is 0.0900. The lowest BCUT2D eigenvalue weighted by atomic mass is 10.0. The van der Waals surface area contributed by atoms with Gasteiger partial charge in [-0.2, -0.15) is 5.26 Å². The number of amides is 2. The number of anilines is 1. The Morgan fingerprint density at radius 2 is 2.12 bits per heavy atom. The molecule has 26 heavy (non-hydrogen) atoms. The number of hydrogen-bond acceptors (Lipinski definition) is 6. The van der Waals surface area contributed by atoms with E-state index < -0.39 is 6.09 Å². The van der Waals surface area contributed by atoms with Crippen molar-refractivity contribution in [2.24, 2.45) is 0 Å². The highest BCUT2D eigenvalue weighted by molar-refractivity contribution is 6.31. The number of imide groups is 1. The molecule has 1 aromatic rings. The van der Waals surface area contributed by atoms with E-state index in [0.717, 1.165) is 0 Å². The molecule has 0 N–H and O–H groups in total. The summed E-state index contributed by atoms with van der Waals surface area (Å²) in [6.45, 7) is 10.2. The summed E-state index contributed by atoms with van der Waals surface area (Å²) in [6.07, 6.45) is 1.02. The van der Waals surface area contributed by atoms with Crippen molar-refractivity contribution in [1.82, 2.24) is 9.88 Å². The van der Waals surface area contributed by atoms with Gasteiger partial charge in [-0.05, 0) is 24.8 Å². The Morgan fingerprint density at radius 3 is 2.62 bits per heavy atom. The first-order valence-corrected chi connectivity index (χ1v) is 8.63. The number of aromatic nitrogens is 1. The second-order valence-corrected chi connectivity index (χ2v) is 6.40. The van der Waals surface area contributed by atoms with Gasteiger partial charge in [-0.15, -0.1) is 0 Å². The lowest BCUT2D eigenvalue weighted by molar-refractivity contribution is -0.127. The van der Waals surface area contributed by atoms with Gasteiger partial charge in [-0.1, -0.05) is 18.5 Å². The van der Waals surface area contributed by atoms with Gasteiger partial charge in [0.25, 0.3) is 5.91 Å². The molecule has 2 fully saturated rings. The van der Waals surface area contributed by atoms with Gasteiger partial charge in [0.05, 0.1) is 12.1 Å². The SMILES string of the molecule is [C-]#[N+]c1c(N2CCC(N3C(=O)COC3=O)CC2)nc(Cl)c(C#N)c1CC. The van der Waals surface area contributed by atoms with E-state index >= 15 is 0 Å². The Hall–Kier alpha value is -2.84. The number of nitrogens with zero attached hydrogens (tertiary/aromatic N) is 5. The second-order valence-electron chi connectivity index (χ2n) is 6.04. The van der Waals surface area contributed by atoms with Gasteiger partial charge >= 0.3 is 6.09 Å². The maximum Gasteiger partial charge on any atom is 0.417 e. The summed E-state index contributed by atoms with van der Waals surface area (Å²) in [4.78, 5) is 34.5. The molecule has 8 nitrogen and oxygen atoms in total. The second kappa shape index (κ2) is 7.19. The van der Waals surface area contributed by atoms with Crippen LogP contribution in [0.5, 0.6) is 0 Å². The van der Waals surface area contributed by atoms with Gasteiger partial charge in [0.15, 0.2) is 6.61 Å². The van der Waals surface area contributed by atoms with Gasteiger partial charge in [0.1, 0.15) is 17.0 Å². The van der Waals surface area contributed by atoms with E-state index in [2.05, 4.69) is 9.83 Å². The molecule has 3 rings (SSSR count). The van der Waals surface area contributed by atoms with E-state index in [-0.39, 0.29) is 29.3 Å². The molecule has 3 heterocycles. The topological polar surface area (TPSA) is 90.9 Å². The molecule has 2 aliphatic rings. The standard InChI is InChI=1S/C17H16ClN5O3/c1-3-11-12(8-19)15(18)21-16(14(11)20-2)22-6-4-10(5-7-22)23-13(24)9-26-17(23)25/h10H,3-7,9H2,1H3. The normalized spacial score (nSPS) is 17.8. The van der Waals surface area contributed by atoms with Crippen molar-refractivity contribution < 1.29 is 14.3 Å². The van der Waals surface area contributed by atoms with Crippen molar-refractivity contribution in [1.29, 1.82) is 5.26 Å². The summed E-state index contributed by atoms with van der Waals surface area (Å²) in [5.74, 6) is 0.137. The van der Waals surface area contributed by atoms with Crippen LogP contribution in [0.1, 0.15) is 30.9 Å². The van der Waals surface area contributed by atoms with Gasteiger partial charge < -0.3 is 9.64 Å². The summed E-state index contributed by atoms with van der Waals surface area (Å²) >= 11 is 6.15. The monoisotopic (exact) mass is 373 g/mol. The lowest BCUT2D eigenvalue weighted by Crippen LogP contribution is -2.47. The molecule has 9 heteroatoms. The van der Waals surface area contributed by atoms with E-state index in [1.54, 1.807) is 0 Å². The number of carbonyl (C=O) groups excluding carboxylic acids is 2. The predicted molar refractivity (Wildman–Crippen MR) is 93.0 cm³/mol. The molecule has 0 radical (unpaired) electrons. The molecular weight excluding hydrogens is 358 g/mol. The van der Waals surface area contributed by atoms with Crippen LogP contribution < -0.4 is 4.90 Å². The average molecular weight is 374 g/mol. The first kappa shape index (κ1) is 18.0. The number of cyclic esters (lactones) is 1. The largest absolute Gasteiger partial charge is 0.439 e. The van der Waals surface area contributed by atoms with E-state index in [1.165, 1.54) is 4.90 Å². The summed E-state index contributed by atoms with van der Waals surface area (Å²) < 4.78 is 4.77. The number of ether oxygens (including phenoxy) is 1. The highest BCUT2D eigenvalue weighted by Crippen LogP contribution is 2.38. The van der Waals surface area contributed by atoms with Crippen LogP contribution in [0.2, 0.25) is 5.15 Å². The van der Waals surface area contributed by atoms with Crippen LogP contribution in [0.15, 0.2) is 0 Å². The van der Waals surface area contributed by atoms with Gasteiger partial charge in [0.2, 0.25) is 5.69 Å². The third-order valence-electron chi connectivity index (χ3n) is 4.70. The molecular formula is C17H16ClN5O3. The molecule has 0 aliphatic carbocycles. The number of halogens is 1. The predicted octanol–water partition coefficient (Wildman–Crippen LogP) is 2.67. The quantitative estimate of drug-likeness (QED) is 0.597. The van der Waals surface area contributed by atoms with Crippen LogP contribution in [0.25, 0.3) is 4.85 Å². The first-order chi connectivity index (χ1) is 12.5. The van der Waals surface area contributed by atoms with Gasteiger partial charge in [0, 0.05) is 19.1 Å². The third-order valence-corrected chi connectivity index (χ3v) is 4.97. The number of nitriles is 1. The van der Waals surface area contributed by atoms with Gasteiger partial charge in [-0.3, -0.25) is 4.79 Å². The molecule has 0 unspecified atom stereocenters. The van der Waals surface area contributed by atoms with E-state index in [4.69, 9.17) is 22.9 Å². The molecule has 2 amide bonds. The Morgan fingerprint density at radius 1 is 1.42 bits per heavy atom. The first-order valence-electron chi connectivity index (χ1n) is 8.25. The van der Waals surface area contributed by atoms with Crippen molar-refractivity contribution >= 4 is 35.1 Å². The Bertz CT molecular complexity index is 833. The number of hydrogen-bond donors (Lipinski definition) is 0. The zero-order valence-corrected chi connectivity index (χ0v) is 14.9. The lowest BCUT2D eigenvalue weighted by Gasteiger charge is -2.36. The highest BCUT2D eigenvalue weighted by atomic mass is 35.5. The summed E-state index contributed by atoms with van der Waals surface area (Å²) in [5, 5.41) is 9.38. The van der Waals surface area contributed by atoms with Crippen LogP contribution in [-0.2, 0) is 16.0 Å². The molecule has 0 bridgehead atoms. The Kier molecular flexibility index (Phi) is 4.97. The summed E-state index contributed by atoms with van der Waals surface area (Å²) in [6, 6.07) is 1.80. The highest BCUT2D eigenvalue weighted by Gasteiger charge is 2.39. The molecule has 134 valence electrons. The fourth-order valence-corrected chi connectivity index (χ4v) is 3.66. The van der Waals surface area contributed by atoms with Gasteiger partial charge in [-0.25, -0.2) is 19.5 Å². The minimum atomic E-state index is -0.594. The average Bonchev–Trinajstić information content (AvgIpc) is 2.99. The van der Waals surface area contributed by atoms with Crippen molar-refractivity contribution in [2.45, 2.75) is 32.2 Å². The van der Waals surface area contributed by atoms with Crippen molar-refractivity contribution in [2.75, 3.05) is 24.6 Å². The molecule has 2 aliphatic heterocycles. The van der Waals surface area contributed by atoms with Crippen molar-refractivity contribution in [3.63, 3.8) is 0 Å². The summed E-state index contributed by atoms with van der Waals surface area (Å²) in [7, 11) is 0. The van der Waals surface area contributed by atoms with Crippen LogP contribution in [0.3, 0.4) is 0 Å². The number of piperidine rings is 1. The van der Waals surface area contributed by atoms with Crippen LogP contribution >= 0.6 is 11.6 Å². The Balaban J connectivity index is 1.85. The zero-order chi connectivity index (χ0) is 18.8. The van der Waals surface area contributed by atoms with Crippen LogP contribution in [0.4, 0.5) is 16.3 Å². The molecule has 0 atom stereocenters. The number of rotatable bonds is 3. The fourth-order valence-electron chi connectivity index (χ4n) is 3.43. The smallest absolute Gasteiger partial charge is 0.417 e. The van der Waals surface area contributed by atoms with Crippen molar-refractivity contribution in [3.05, 3.63) is 27.7 Å². The molecule has 0 aromatic carbocycles. The minimum Gasteiger partial charge on any atom is -0.439 e. The van der Waals surface area contributed by atoms with E-state index in [1.807, 2.05) is 17.9 Å². The van der Waals surface area contributed by atoms with Crippen LogP contribution in [-0.4, -0.2) is 47.6 Å². The number of pyridine rings is 1. The molecule has 0 spiro atoms. The van der Waals surface area contributed by atoms with E-state index in [9.17, 15) is 14.9 Å². The van der Waals surface area contributed by atoms with Crippen molar-refractivity contribution in [3.8, 4) is 6.07 Å². The molecule has 2 saturated heterocycles. The maximum atomic E-state index is 11.8. The third kappa shape index (κ3) is 2.93. The van der Waals surface area contributed by atoms with E-state index in [0.29, 0.717) is 49.4 Å². The maximum absolute atomic E-state index is 11.8.